The van der Waals surface area contributed by atoms with E-state index in [0.717, 1.165) is 25.3 Å². The molecular weight excluding hydrogens is 216 g/mol. The summed E-state index contributed by atoms with van der Waals surface area (Å²) in [6.07, 6.45) is 2.44. The molecule has 1 saturated carbocycles. The Hall–Kier alpha value is -1.36. The molecule has 1 atom stereocenters. The smallest absolute Gasteiger partial charge is 0.274 e. The van der Waals surface area contributed by atoms with Crippen LogP contribution in [0.2, 0.25) is 0 Å². The van der Waals surface area contributed by atoms with Gasteiger partial charge in [-0.05, 0) is 25.8 Å². The molecule has 2 N–H and O–H groups in total. The van der Waals surface area contributed by atoms with Crippen molar-refractivity contribution in [3.8, 4) is 0 Å². The second-order valence-electron chi connectivity index (χ2n) is 5.03. The molecule has 2 fully saturated rings. The van der Waals surface area contributed by atoms with Crippen LogP contribution in [-0.4, -0.2) is 46.7 Å². The van der Waals surface area contributed by atoms with Crippen molar-refractivity contribution >= 4 is 5.91 Å². The van der Waals surface area contributed by atoms with Gasteiger partial charge in [-0.1, -0.05) is 0 Å². The zero-order chi connectivity index (χ0) is 11.8. The van der Waals surface area contributed by atoms with E-state index in [4.69, 9.17) is 0 Å². The average Bonchev–Trinajstić information content (AvgIpc) is 3.07. The minimum atomic E-state index is 0.0575. The predicted octanol–water partition coefficient (Wildman–Crippen LogP) is 0.721. The number of rotatable bonds is 2. The quantitative estimate of drug-likeness (QED) is 0.792. The van der Waals surface area contributed by atoms with E-state index in [-0.39, 0.29) is 11.9 Å². The van der Waals surface area contributed by atoms with Gasteiger partial charge in [-0.2, -0.15) is 5.10 Å². The minimum Gasteiger partial charge on any atom is -0.332 e. The molecule has 0 radical (unpaired) electrons. The van der Waals surface area contributed by atoms with E-state index in [1.54, 1.807) is 0 Å². The molecule has 1 aliphatic heterocycles. The summed E-state index contributed by atoms with van der Waals surface area (Å²) in [5.41, 5.74) is 1.69. The monoisotopic (exact) mass is 234 g/mol. The molecule has 2 heterocycles. The van der Waals surface area contributed by atoms with Crippen LogP contribution in [0.25, 0.3) is 0 Å². The first-order chi connectivity index (χ1) is 8.25. The maximum Gasteiger partial charge on any atom is 0.274 e. The Morgan fingerprint density at radius 3 is 3.06 bits per heavy atom. The number of nitrogens with zero attached hydrogens (tertiary/aromatic N) is 2. The molecule has 3 rings (SSSR count). The molecule has 1 amide bonds. The summed E-state index contributed by atoms with van der Waals surface area (Å²) in [7, 11) is 0. The van der Waals surface area contributed by atoms with Crippen LogP contribution in [0.3, 0.4) is 0 Å². The van der Waals surface area contributed by atoms with Crippen LogP contribution >= 0.6 is 0 Å². The molecule has 2 aliphatic rings. The predicted molar refractivity (Wildman–Crippen MR) is 63.9 cm³/mol. The number of carbonyl (C=O) groups excluding carboxylic acids is 1. The zero-order valence-electron chi connectivity index (χ0n) is 10.1. The summed E-state index contributed by atoms with van der Waals surface area (Å²) in [4.78, 5) is 14.2. The van der Waals surface area contributed by atoms with Crippen LogP contribution in [0, 0.1) is 0 Å². The van der Waals surface area contributed by atoms with Gasteiger partial charge in [0.1, 0.15) is 5.69 Å². The van der Waals surface area contributed by atoms with Gasteiger partial charge >= 0.3 is 0 Å². The summed E-state index contributed by atoms with van der Waals surface area (Å²) in [6, 6.07) is 2.17. The van der Waals surface area contributed by atoms with Crippen LogP contribution in [-0.2, 0) is 0 Å². The van der Waals surface area contributed by atoms with Gasteiger partial charge in [-0.25, -0.2) is 0 Å². The van der Waals surface area contributed by atoms with Gasteiger partial charge in [0.05, 0.1) is 0 Å². The fourth-order valence-electron chi connectivity index (χ4n) is 2.34. The Kier molecular flexibility index (Phi) is 2.63. The lowest BCUT2D eigenvalue weighted by molar-refractivity contribution is 0.0649. The fourth-order valence-corrected chi connectivity index (χ4v) is 2.34. The first-order valence-corrected chi connectivity index (χ1v) is 6.32. The van der Waals surface area contributed by atoms with Gasteiger partial charge in [0.25, 0.3) is 5.91 Å². The largest absolute Gasteiger partial charge is 0.332 e. The number of aromatic nitrogens is 2. The Morgan fingerprint density at radius 2 is 2.35 bits per heavy atom. The first-order valence-electron chi connectivity index (χ1n) is 6.32. The maximum atomic E-state index is 12.3. The highest BCUT2D eigenvalue weighted by Gasteiger charge is 2.29. The van der Waals surface area contributed by atoms with Crippen molar-refractivity contribution in [2.75, 3.05) is 19.6 Å². The number of nitrogens with one attached hydrogen (secondary N) is 2. The molecular formula is C12H18N4O. The summed E-state index contributed by atoms with van der Waals surface area (Å²) in [5, 5.41) is 10.4. The van der Waals surface area contributed by atoms with E-state index in [1.165, 1.54) is 12.8 Å². The molecule has 1 aromatic heterocycles. The lowest BCUT2D eigenvalue weighted by Gasteiger charge is -2.33. The van der Waals surface area contributed by atoms with E-state index in [0.29, 0.717) is 11.6 Å². The topological polar surface area (TPSA) is 61.0 Å². The van der Waals surface area contributed by atoms with Crippen LogP contribution in [0.15, 0.2) is 6.07 Å². The van der Waals surface area contributed by atoms with E-state index >= 15 is 0 Å². The standard InChI is InChI=1S/C12H18N4O/c1-8-7-13-4-5-16(8)12(17)11-6-10(14-15-11)9-2-3-9/h6,8-9,13H,2-5,7H2,1H3,(H,14,15)/t8-/m1/s1. The highest BCUT2D eigenvalue weighted by atomic mass is 16.2. The molecule has 1 saturated heterocycles. The van der Waals surface area contributed by atoms with Crippen molar-refractivity contribution in [3.63, 3.8) is 0 Å². The lowest BCUT2D eigenvalue weighted by Crippen LogP contribution is -2.52. The fraction of sp³-hybridized carbons (Fsp3) is 0.667. The third-order valence-corrected chi connectivity index (χ3v) is 3.60. The number of hydrogen-bond donors (Lipinski definition) is 2. The van der Waals surface area contributed by atoms with Gasteiger partial charge in [0.15, 0.2) is 0 Å². The van der Waals surface area contributed by atoms with Gasteiger partial charge < -0.3 is 10.2 Å². The second kappa shape index (κ2) is 4.14. The first kappa shape index (κ1) is 10.8. The molecule has 17 heavy (non-hydrogen) atoms. The highest BCUT2D eigenvalue weighted by Crippen LogP contribution is 2.39. The summed E-state index contributed by atoms with van der Waals surface area (Å²) in [6.45, 7) is 4.58. The summed E-state index contributed by atoms with van der Waals surface area (Å²) in [5.74, 6) is 0.673. The molecule has 0 bridgehead atoms. The number of H-pyrrole nitrogens is 1. The Labute approximate surface area is 101 Å². The third kappa shape index (κ3) is 2.07. The minimum absolute atomic E-state index is 0.0575. The molecule has 5 nitrogen and oxygen atoms in total. The number of carbonyl (C=O) groups is 1. The molecule has 0 aromatic carbocycles. The van der Waals surface area contributed by atoms with Gasteiger partial charge in [-0.3, -0.25) is 9.89 Å². The molecule has 1 aromatic rings. The van der Waals surface area contributed by atoms with E-state index in [9.17, 15) is 4.79 Å². The van der Waals surface area contributed by atoms with Crippen molar-refractivity contribution in [3.05, 3.63) is 17.5 Å². The highest BCUT2D eigenvalue weighted by molar-refractivity contribution is 5.92. The molecule has 92 valence electrons. The van der Waals surface area contributed by atoms with Gasteiger partial charge in [0.2, 0.25) is 0 Å². The molecule has 0 unspecified atom stereocenters. The Morgan fingerprint density at radius 1 is 1.53 bits per heavy atom. The number of hydrogen-bond acceptors (Lipinski definition) is 3. The number of piperazine rings is 1. The van der Waals surface area contributed by atoms with Crippen LogP contribution in [0.5, 0.6) is 0 Å². The van der Waals surface area contributed by atoms with E-state index in [1.807, 2.05) is 11.0 Å². The number of aromatic amines is 1. The van der Waals surface area contributed by atoms with Crippen LogP contribution < -0.4 is 5.32 Å². The van der Waals surface area contributed by atoms with Crippen molar-refractivity contribution < 1.29 is 4.79 Å². The SMILES string of the molecule is C[C@@H]1CNCCN1C(=O)c1cc(C2CC2)[nH]n1. The third-order valence-electron chi connectivity index (χ3n) is 3.60. The van der Waals surface area contributed by atoms with Gasteiger partial charge in [-0.15, -0.1) is 0 Å². The lowest BCUT2D eigenvalue weighted by atomic mass is 10.2. The summed E-state index contributed by atoms with van der Waals surface area (Å²) < 4.78 is 0. The second-order valence-corrected chi connectivity index (χ2v) is 5.03. The van der Waals surface area contributed by atoms with Gasteiger partial charge in [0, 0.05) is 37.3 Å². The van der Waals surface area contributed by atoms with Crippen molar-refractivity contribution in [1.29, 1.82) is 0 Å². The number of amides is 1. The molecule has 0 spiro atoms. The normalized spacial score (nSPS) is 25.0. The van der Waals surface area contributed by atoms with E-state index < -0.39 is 0 Å². The average molecular weight is 234 g/mol. The van der Waals surface area contributed by atoms with E-state index in [2.05, 4.69) is 22.4 Å². The van der Waals surface area contributed by atoms with Crippen molar-refractivity contribution in [1.82, 2.24) is 20.4 Å². The maximum absolute atomic E-state index is 12.3. The molecule has 5 heteroatoms. The van der Waals surface area contributed by atoms with Crippen LogP contribution in [0.1, 0.15) is 41.9 Å². The van der Waals surface area contributed by atoms with Crippen LogP contribution in [0.4, 0.5) is 0 Å². The van der Waals surface area contributed by atoms with Crippen molar-refractivity contribution in [2.45, 2.75) is 31.7 Å². The Balaban J connectivity index is 1.75. The Bertz CT molecular complexity index is 424. The zero-order valence-corrected chi connectivity index (χ0v) is 10.1. The molecule has 1 aliphatic carbocycles. The van der Waals surface area contributed by atoms with Crippen molar-refractivity contribution in [2.24, 2.45) is 0 Å². The summed E-state index contributed by atoms with van der Waals surface area (Å²) >= 11 is 0.